The first-order chi connectivity index (χ1) is 16.4. The van der Waals surface area contributed by atoms with Gasteiger partial charge in [0.1, 0.15) is 30.1 Å². The summed E-state index contributed by atoms with van der Waals surface area (Å²) in [7, 11) is 0. The molecular weight excluding hydrogens is 464 g/mol. The van der Waals surface area contributed by atoms with Gasteiger partial charge in [0.05, 0.1) is 35.2 Å². The number of nitrogens with zero attached hydrogens (tertiary/aromatic N) is 3. The first kappa shape index (κ1) is 24.3. The van der Waals surface area contributed by atoms with E-state index in [1.54, 1.807) is 24.3 Å². The molecular formula is C25H26ClF2N3O3. The molecule has 3 aromatic rings. The van der Waals surface area contributed by atoms with Gasteiger partial charge in [-0.05, 0) is 42.0 Å². The molecule has 1 aliphatic rings. The highest BCUT2D eigenvalue weighted by atomic mass is 35.5. The van der Waals surface area contributed by atoms with Gasteiger partial charge in [-0.2, -0.15) is 0 Å². The van der Waals surface area contributed by atoms with Gasteiger partial charge in [-0.25, -0.2) is 8.78 Å². The Morgan fingerprint density at radius 2 is 1.82 bits per heavy atom. The maximum atomic E-state index is 13.6. The maximum absolute atomic E-state index is 13.6. The van der Waals surface area contributed by atoms with Crippen LogP contribution in [-0.4, -0.2) is 59.5 Å². The molecule has 4 rings (SSSR count). The molecule has 1 aliphatic heterocycles. The van der Waals surface area contributed by atoms with Gasteiger partial charge in [0.25, 0.3) is 0 Å². The molecule has 2 atom stereocenters. The second-order valence-electron chi connectivity index (χ2n) is 8.12. The number of piperazine rings is 1. The number of pyridine rings is 1. The quantitative estimate of drug-likeness (QED) is 0.499. The van der Waals surface area contributed by atoms with E-state index in [0.717, 1.165) is 17.4 Å². The fraction of sp³-hybridized carbons (Fsp3) is 0.320. The van der Waals surface area contributed by atoms with Crippen molar-refractivity contribution in [2.24, 2.45) is 0 Å². The Morgan fingerprint density at radius 3 is 2.50 bits per heavy atom. The summed E-state index contributed by atoms with van der Waals surface area (Å²) in [5.41, 5.74) is 2.13. The molecule has 6 nitrogen and oxygen atoms in total. The van der Waals surface area contributed by atoms with E-state index >= 15 is 0 Å². The van der Waals surface area contributed by atoms with Crippen molar-refractivity contribution in [1.29, 1.82) is 0 Å². The average molecular weight is 490 g/mol. The van der Waals surface area contributed by atoms with E-state index in [2.05, 4.69) is 14.8 Å². The van der Waals surface area contributed by atoms with Crippen molar-refractivity contribution in [3.05, 3.63) is 88.7 Å². The Morgan fingerprint density at radius 1 is 1.06 bits per heavy atom. The Labute approximate surface area is 202 Å². The number of aliphatic hydroxyl groups is 2. The topological polar surface area (TPSA) is 69.1 Å². The van der Waals surface area contributed by atoms with Crippen molar-refractivity contribution in [2.45, 2.75) is 12.1 Å². The second kappa shape index (κ2) is 11.1. The largest absolute Gasteiger partial charge is 0.491 e. The number of anilines is 1. The summed E-state index contributed by atoms with van der Waals surface area (Å²) in [5.74, 6) is -0.204. The molecule has 1 aromatic heterocycles. The van der Waals surface area contributed by atoms with Crippen LogP contribution in [0.2, 0.25) is 5.02 Å². The zero-order chi connectivity index (χ0) is 24.1. The lowest BCUT2D eigenvalue weighted by Gasteiger charge is -2.44. The van der Waals surface area contributed by atoms with Gasteiger partial charge in [0.2, 0.25) is 0 Å². The molecule has 0 saturated carbocycles. The normalized spacial score (nSPS) is 17.6. The third kappa shape index (κ3) is 5.82. The lowest BCUT2D eigenvalue weighted by molar-refractivity contribution is 0.0974. The smallest absolute Gasteiger partial charge is 0.141 e. The van der Waals surface area contributed by atoms with Crippen LogP contribution in [0.4, 0.5) is 14.5 Å². The number of aromatic nitrogens is 1. The minimum Gasteiger partial charge on any atom is -0.491 e. The van der Waals surface area contributed by atoms with Crippen molar-refractivity contribution in [1.82, 2.24) is 9.88 Å². The van der Waals surface area contributed by atoms with Crippen LogP contribution >= 0.6 is 11.6 Å². The molecule has 0 unspecified atom stereocenters. The summed E-state index contributed by atoms with van der Waals surface area (Å²) < 4.78 is 32.2. The predicted octanol–water partition coefficient (Wildman–Crippen LogP) is 3.98. The van der Waals surface area contributed by atoms with E-state index in [4.69, 9.17) is 21.4 Å². The molecule has 34 heavy (non-hydrogen) atoms. The fourth-order valence-electron chi connectivity index (χ4n) is 4.16. The lowest BCUT2D eigenvalue weighted by Crippen LogP contribution is -2.49. The summed E-state index contributed by atoms with van der Waals surface area (Å²) in [4.78, 5) is 8.25. The highest BCUT2D eigenvalue weighted by Crippen LogP contribution is 2.37. The van der Waals surface area contributed by atoms with Crippen molar-refractivity contribution >= 4 is 17.3 Å². The third-order valence-corrected chi connectivity index (χ3v) is 6.13. The van der Waals surface area contributed by atoms with Gasteiger partial charge in [-0.1, -0.05) is 23.7 Å². The zero-order valence-electron chi connectivity index (χ0n) is 18.4. The summed E-state index contributed by atoms with van der Waals surface area (Å²) >= 11 is 6.60. The molecule has 180 valence electrons. The number of aliphatic hydroxyl groups excluding tert-OH is 2. The van der Waals surface area contributed by atoms with Gasteiger partial charge >= 0.3 is 0 Å². The van der Waals surface area contributed by atoms with Crippen LogP contribution < -0.4 is 9.64 Å². The molecule has 2 heterocycles. The highest BCUT2D eigenvalue weighted by Gasteiger charge is 2.31. The Hall–Kier alpha value is -2.78. The standard InChI is InChI=1S/C25H26ClF2N3O3/c26-21-13-20(34-12-11-32)6-8-23(21)31-10-9-30(15-24(31)17-1-3-18(27)4-2-17)16-25(33)22-7-5-19(28)14-29-22/h1-8,13-14,24-25,32-33H,9-12,15-16H2/t24-,25+/m0/s1. The van der Waals surface area contributed by atoms with E-state index < -0.39 is 11.9 Å². The minimum absolute atomic E-state index is 0.0900. The molecule has 0 spiro atoms. The summed E-state index contributed by atoms with van der Waals surface area (Å²) in [6.07, 6.45) is 0.223. The highest BCUT2D eigenvalue weighted by molar-refractivity contribution is 6.33. The molecule has 2 aromatic carbocycles. The molecule has 0 radical (unpaired) electrons. The monoisotopic (exact) mass is 489 g/mol. The number of ether oxygens (including phenoxy) is 1. The number of halogens is 3. The summed E-state index contributed by atoms with van der Waals surface area (Å²) in [5, 5.41) is 20.1. The van der Waals surface area contributed by atoms with Gasteiger partial charge in [-0.3, -0.25) is 9.88 Å². The molecule has 9 heteroatoms. The molecule has 2 N–H and O–H groups in total. The van der Waals surface area contributed by atoms with Crippen molar-refractivity contribution in [3.8, 4) is 5.75 Å². The van der Waals surface area contributed by atoms with Crippen LogP contribution in [0.5, 0.6) is 5.75 Å². The fourth-order valence-corrected chi connectivity index (χ4v) is 4.44. The van der Waals surface area contributed by atoms with Crippen LogP contribution in [0, 0.1) is 11.6 Å². The maximum Gasteiger partial charge on any atom is 0.141 e. The minimum atomic E-state index is -0.868. The number of benzene rings is 2. The van der Waals surface area contributed by atoms with E-state index in [9.17, 15) is 13.9 Å². The molecule has 0 amide bonds. The van der Waals surface area contributed by atoms with Crippen LogP contribution in [0.25, 0.3) is 0 Å². The van der Waals surface area contributed by atoms with Crippen LogP contribution in [0.1, 0.15) is 23.4 Å². The Kier molecular flexibility index (Phi) is 7.95. The number of rotatable bonds is 8. The summed E-state index contributed by atoms with van der Waals surface area (Å²) in [6.45, 7) is 2.23. The Bertz CT molecular complexity index is 1090. The van der Waals surface area contributed by atoms with Gasteiger partial charge in [0, 0.05) is 32.2 Å². The SMILES string of the molecule is OCCOc1ccc(N2CCN(C[C@@H](O)c3ccc(F)cn3)C[C@H]2c2ccc(F)cc2)c(Cl)c1. The second-order valence-corrected chi connectivity index (χ2v) is 8.53. The van der Waals surface area contributed by atoms with E-state index in [1.807, 2.05) is 6.07 Å². The molecule has 1 fully saturated rings. The van der Waals surface area contributed by atoms with Crippen molar-refractivity contribution in [3.63, 3.8) is 0 Å². The van der Waals surface area contributed by atoms with E-state index in [-0.39, 0.29) is 25.1 Å². The molecule has 0 bridgehead atoms. The van der Waals surface area contributed by atoms with Gasteiger partial charge in [0.15, 0.2) is 0 Å². The number of hydrogen-bond acceptors (Lipinski definition) is 6. The third-order valence-electron chi connectivity index (χ3n) is 5.83. The Balaban J connectivity index is 1.55. The number of hydrogen-bond donors (Lipinski definition) is 2. The number of β-amino-alcohol motifs (C(OH)–C–C–N with tert-alkyl or cyclic N) is 1. The zero-order valence-corrected chi connectivity index (χ0v) is 19.2. The van der Waals surface area contributed by atoms with E-state index in [0.29, 0.717) is 42.6 Å². The molecule has 0 aliphatic carbocycles. The lowest BCUT2D eigenvalue weighted by atomic mass is 10.0. The van der Waals surface area contributed by atoms with Crippen LogP contribution in [0.15, 0.2) is 60.8 Å². The molecule has 1 saturated heterocycles. The average Bonchev–Trinajstić information content (AvgIpc) is 2.84. The van der Waals surface area contributed by atoms with Gasteiger partial charge in [-0.15, -0.1) is 0 Å². The first-order valence-electron chi connectivity index (χ1n) is 11.0. The van der Waals surface area contributed by atoms with Crippen LogP contribution in [0.3, 0.4) is 0 Å². The first-order valence-corrected chi connectivity index (χ1v) is 11.4. The summed E-state index contributed by atoms with van der Waals surface area (Å²) in [6, 6.07) is 14.4. The predicted molar refractivity (Wildman–Crippen MR) is 126 cm³/mol. The van der Waals surface area contributed by atoms with Crippen molar-refractivity contribution < 1.29 is 23.7 Å². The van der Waals surface area contributed by atoms with Crippen molar-refractivity contribution in [2.75, 3.05) is 44.3 Å². The van der Waals surface area contributed by atoms with Gasteiger partial charge < -0.3 is 19.8 Å². The van der Waals surface area contributed by atoms with E-state index in [1.165, 1.54) is 24.3 Å². The van der Waals surface area contributed by atoms with Crippen LogP contribution in [-0.2, 0) is 0 Å².